The molecule has 1 saturated heterocycles. The number of nitrogens with zero attached hydrogens (tertiary/aromatic N) is 1. The number of likely N-dealkylation sites (tertiary alicyclic amines) is 1. The molecule has 2 fully saturated rings. The number of carboxylic acid groups (broad SMARTS) is 1. The third-order valence-corrected chi connectivity index (χ3v) is 4.92. The van der Waals surface area contributed by atoms with Crippen molar-refractivity contribution in [3.05, 3.63) is 35.4 Å². The fourth-order valence-electron chi connectivity index (χ4n) is 3.77. The van der Waals surface area contributed by atoms with Crippen molar-refractivity contribution in [1.29, 1.82) is 0 Å². The van der Waals surface area contributed by atoms with Crippen molar-refractivity contribution in [3.8, 4) is 0 Å². The molecular weight excluding hydrogens is 266 g/mol. The Balaban J connectivity index is 1.68. The highest BCUT2D eigenvalue weighted by Crippen LogP contribution is 2.36. The van der Waals surface area contributed by atoms with Crippen LogP contribution in [0.15, 0.2) is 24.3 Å². The molecule has 1 aliphatic heterocycles. The van der Waals surface area contributed by atoms with E-state index in [-0.39, 0.29) is 17.9 Å². The molecule has 1 aromatic carbocycles. The molecule has 1 aromatic rings. The summed E-state index contributed by atoms with van der Waals surface area (Å²) in [7, 11) is 0. The van der Waals surface area contributed by atoms with Crippen LogP contribution in [0.3, 0.4) is 0 Å². The number of hydrogen-bond acceptors (Lipinski definition) is 2. The van der Waals surface area contributed by atoms with E-state index in [1.807, 2.05) is 4.90 Å². The SMILES string of the molecule is O=C(O)c1ccccc1CC(=O)N1CC2CCCCC2C1. The Bertz CT molecular complexity index is 541. The van der Waals surface area contributed by atoms with Gasteiger partial charge in [0.1, 0.15) is 0 Å². The minimum Gasteiger partial charge on any atom is -0.478 e. The van der Waals surface area contributed by atoms with Crippen molar-refractivity contribution < 1.29 is 14.7 Å². The molecule has 3 rings (SSSR count). The number of amides is 1. The Kier molecular flexibility index (Phi) is 3.95. The summed E-state index contributed by atoms with van der Waals surface area (Å²) in [5.41, 5.74) is 0.854. The molecule has 1 heterocycles. The van der Waals surface area contributed by atoms with Gasteiger partial charge in [-0.1, -0.05) is 31.0 Å². The summed E-state index contributed by atoms with van der Waals surface area (Å²) in [4.78, 5) is 25.6. The van der Waals surface area contributed by atoms with Crippen LogP contribution in [0.25, 0.3) is 0 Å². The molecule has 1 N–H and O–H groups in total. The second-order valence-corrected chi connectivity index (χ2v) is 6.24. The Morgan fingerprint density at radius 2 is 1.71 bits per heavy atom. The maximum absolute atomic E-state index is 12.5. The van der Waals surface area contributed by atoms with Crippen LogP contribution in [0.5, 0.6) is 0 Å². The van der Waals surface area contributed by atoms with Crippen LogP contribution in [0, 0.1) is 11.8 Å². The van der Waals surface area contributed by atoms with E-state index < -0.39 is 5.97 Å². The largest absolute Gasteiger partial charge is 0.478 e. The number of aromatic carboxylic acids is 1. The average Bonchev–Trinajstić information content (AvgIpc) is 2.91. The number of carbonyl (C=O) groups excluding carboxylic acids is 1. The van der Waals surface area contributed by atoms with E-state index in [9.17, 15) is 14.7 Å². The van der Waals surface area contributed by atoms with Gasteiger partial charge in [-0.25, -0.2) is 4.79 Å². The van der Waals surface area contributed by atoms with Gasteiger partial charge in [0.15, 0.2) is 0 Å². The number of fused-ring (bicyclic) bond motifs is 1. The number of carboxylic acids is 1. The van der Waals surface area contributed by atoms with Crippen molar-refractivity contribution in [1.82, 2.24) is 4.90 Å². The average molecular weight is 287 g/mol. The standard InChI is InChI=1S/C17H21NO3/c19-16(9-12-5-3-4-8-15(12)17(20)21)18-10-13-6-1-2-7-14(13)11-18/h3-5,8,13-14H,1-2,6-7,9-11H2,(H,20,21). The summed E-state index contributed by atoms with van der Waals surface area (Å²) in [6.45, 7) is 1.72. The molecule has 2 atom stereocenters. The third-order valence-electron chi connectivity index (χ3n) is 4.92. The molecule has 1 saturated carbocycles. The van der Waals surface area contributed by atoms with Gasteiger partial charge in [0, 0.05) is 13.1 Å². The van der Waals surface area contributed by atoms with Gasteiger partial charge in [-0.3, -0.25) is 4.79 Å². The first-order valence-corrected chi connectivity index (χ1v) is 7.74. The molecule has 2 unspecified atom stereocenters. The zero-order chi connectivity index (χ0) is 14.8. The van der Waals surface area contributed by atoms with Crippen LogP contribution in [0.4, 0.5) is 0 Å². The first kappa shape index (κ1) is 14.1. The maximum Gasteiger partial charge on any atom is 0.335 e. The van der Waals surface area contributed by atoms with Crippen molar-refractivity contribution in [2.45, 2.75) is 32.1 Å². The molecular formula is C17H21NO3. The Labute approximate surface area is 124 Å². The van der Waals surface area contributed by atoms with Crippen LogP contribution in [0.1, 0.15) is 41.6 Å². The molecule has 0 spiro atoms. The van der Waals surface area contributed by atoms with Crippen molar-refractivity contribution in [2.75, 3.05) is 13.1 Å². The molecule has 2 aliphatic rings. The van der Waals surface area contributed by atoms with Gasteiger partial charge in [-0.2, -0.15) is 0 Å². The van der Waals surface area contributed by atoms with Crippen molar-refractivity contribution in [2.24, 2.45) is 11.8 Å². The van der Waals surface area contributed by atoms with Gasteiger partial charge in [0.2, 0.25) is 5.91 Å². The number of hydrogen-bond donors (Lipinski definition) is 1. The van der Waals surface area contributed by atoms with Gasteiger partial charge in [0.25, 0.3) is 0 Å². The zero-order valence-electron chi connectivity index (χ0n) is 12.1. The molecule has 4 heteroatoms. The molecule has 21 heavy (non-hydrogen) atoms. The lowest BCUT2D eigenvalue weighted by Gasteiger charge is -2.22. The monoisotopic (exact) mass is 287 g/mol. The van der Waals surface area contributed by atoms with Crippen LogP contribution in [-0.2, 0) is 11.2 Å². The van der Waals surface area contributed by atoms with E-state index >= 15 is 0 Å². The van der Waals surface area contributed by atoms with Crippen molar-refractivity contribution >= 4 is 11.9 Å². The number of carbonyl (C=O) groups is 2. The first-order chi connectivity index (χ1) is 10.1. The van der Waals surface area contributed by atoms with E-state index in [0.717, 1.165) is 13.1 Å². The molecule has 1 amide bonds. The summed E-state index contributed by atoms with van der Waals surface area (Å²) in [6, 6.07) is 6.79. The van der Waals surface area contributed by atoms with E-state index in [0.29, 0.717) is 17.4 Å². The van der Waals surface area contributed by atoms with Crippen LogP contribution in [-0.4, -0.2) is 35.0 Å². The topological polar surface area (TPSA) is 57.6 Å². The van der Waals surface area contributed by atoms with Crippen LogP contribution < -0.4 is 0 Å². The summed E-state index contributed by atoms with van der Waals surface area (Å²) >= 11 is 0. The highest BCUT2D eigenvalue weighted by atomic mass is 16.4. The molecule has 1 aliphatic carbocycles. The van der Waals surface area contributed by atoms with Crippen LogP contribution in [0.2, 0.25) is 0 Å². The molecule has 0 bridgehead atoms. The number of benzene rings is 1. The lowest BCUT2D eigenvalue weighted by molar-refractivity contribution is -0.129. The fraction of sp³-hybridized carbons (Fsp3) is 0.529. The minimum absolute atomic E-state index is 0.0677. The summed E-state index contributed by atoms with van der Waals surface area (Å²) in [6.07, 6.45) is 5.23. The third kappa shape index (κ3) is 2.94. The van der Waals surface area contributed by atoms with E-state index in [1.54, 1.807) is 24.3 Å². The fourth-order valence-corrected chi connectivity index (χ4v) is 3.77. The van der Waals surface area contributed by atoms with Gasteiger partial charge in [0.05, 0.1) is 12.0 Å². The predicted molar refractivity (Wildman–Crippen MR) is 79.1 cm³/mol. The van der Waals surface area contributed by atoms with E-state index in [1.165, 1.54) is 25.7 Å². The quantitative estimate of drug-likeness (QED) is 0.929. The minimum atomic E-state index is -0.964. The van der Waals surface area contributed by atoms with Gasteiger partial charge in [-0.15, -0.1) is 0 Å². The normalized spacial score (nSPS) is 24.7. The predicted octanol–water partition coefficient (Wildman–Crippen LogP) is 2.58. The van der Waals surface area contributed by atoms with Crippen molar-refractivity contribution in [3.63, 3.8) is 0 Å². The highest BCUT2D eigenvalue weighted by Gasteiger charge is 2.36. The second kappa shape index (κ2) is 5.88. The van der Waals surface area contributed by atoms with E-state index in [4.69, 9.17) is 0 Å². The van der Waals surface area contributed by atoms with E-state index in [2.05, 4.69) is 0 Å². The summed E-state index contributed by atoms with van der Waals surface area (Å²) < 4.78 is 0. The lowest BCUT2D eigenvalue weighted by atomic mass is 9.82. The Morgan fingerprint density at radius 3 is 2.33 bits per heavy atom. The zero-order valence-corrected chi connectivity index (χ0v) is 12.1. The van der Waals surface area contributed by atoms with Crippen LogP contribution >= 0.6 is 0 Å². The summed E-state index contributed by atoms with van der Waals surface area (Å²) in [5, 5.41) is 9.19. The Hall–Kier alpha value is -1.84. The van der Waals surface area contributed by atoms with Gasteiger partial charge in [-0.05, 0) is 36.3 Å². The molecule has 0 aromatic heterocycles. The number of rotatable bonds is 3. The Morgan fingerprint density at radius 1 is 1.10 bits per heavy atom. The molecule has 0 radical (unpaired) electrons. The molecule has 112 valence electrons. The maximum atomic E-state index is 12.5. The lowest BCUT2D eigenvalue weighted by Crippen LogP contribution is -2.30. The van der Waals surface area contributed by atoms with Gasteiger partial charge >= 0.3 is 5.97 Å². The first-order valence-electron chi connectivity index (χ1n) is 7.74. The smallest absolute Gasteiger partial charge is 0.335 e. The van der Waals surface area contributed by atoms with Gasteiger partial charge < -0.3 is 10.0 Å². The highest BCUT2D eigenvalue weighted by molar-refractivity contribution is 5.91. The molecule has 4 nitrogen and oxygen atoms in total. The summed E-state index contributed by atoms with van der Waals surface area (Å²) in [5.74, 6) is 0.432. The second-order valence-electron chi connectivity index (χ2n) is 6.24.